The van der Waals surface area contributed by atoms with Crippen molar-refractivity contribution < 1.29 is 19.1 Å². The van der Waals surface area contributed by atoms with Gasteiger partial charge in [0.05, 0.1) is 6.61 Å². The molecule has 1 aromatic rings. The van der Waals surface area contributed by atoms with Crippen LogP contribution in [-0.4, -0.2) is 49.7 Å². The first-order valence-electron chi connectivity index (χ1n) is 7.46. The highest BCUT2D eigenvalue weighted by Crippen LogP contribution is 2.19. The van der Waals surface area contributed by atoms with Gasteiger partial charge >= 0.3 is 6.09 Å². The summed E-state index contributed by atoms with van der Waals surface area (Å²) in [6, 6.07) is 9.04. The second-order valence-electron chi connectivity index (χ2n) is 5.18. The lowest BCUT2D eigenvalue weighted by Crippen LogP contribution is -2.46. The van der Waals surface area contributed by atoms with E-state index < -0.39 is 12.1 Å². The van der Waals surface area contributed by atoms with Gasteiger partial charge in [0.2, 0.25) is 5.91 Å². The molecule has 1 aliphatic heterocycles. The molecule has 6 heteroatoms. The molecule has 6 nitrogen and oxygen atoms in total. The first kappa shape index (κ1) is 16.3. The maximum Gasteiger partial charge on any atom is 0.410 e. The smallest absolute Gasteiger partial charge is 0.410 e. The molecule has 0 radical (unpaired) electrons. The van der Waals surface area contributed by atoms with Gasteiger partial charge in [0.15, 0.2) is 0 Å². The lowest BCUT2D eigenvalue weighted by Gasteiger charge is -2.23. The van der Waals surface area contributed by atoms with Crippen molar-refractivity contribution in [1.82, 2.24) is 10.2 Å². The van der Waals surface area contributed by atoms with Crippen LogP contribution < -0.4 is 5.32 Å². The summed E-state index contributed by atoms with van der Waals surface area (Å²) in [6.07, 6.45) is 1.04. The largest absolute Gasteiger partial charge is 0.445 e. The molecule has 120 valence electrons. The van der Waals surface area contributed by atoms with Crippen LogP contribution in [0.1, 0.15) is 18.4 Å². The first-order chi connectivity index (χ1) is 10.7. The van der Waals surface area contributed by atoms with E-state index in [0.29, 0.717) is 26.1 Å². The Bertz CT molecular complexity index is 492. The summed E-state index contributed by atoms with van der Waals surface area (Å²) >= 11 is 0. The average molecular weight is 306 g/mol. The van der Waals surface area contributed by atoms with Crippen molar-refractivity contribution in [3.63, 3.8) is 0 Å². The number of hydrogen-bond acceptors (Lipinski definition) is 4. The fourth-order valence-electron chi connectivity index (χ4n) is 2.45. The number of amides is 2. The number of likely N-dealkylation sites (tertiary alicyclic amines) is 1. The lowest BCUT2D eigenvalue weighted by atomic mass is 10.2. The van der Waals surface area contributed by atoms with Gasteiger partial charge in [0.1, 0.15) is 12.6 Å². The topological polar surface area (TPSA) is 67.9 Å². The highest BCUT2D eigenvalue weighted by molar-refractivity contribution is 5.86. The Hall–Kier alpha value is -2.08. The minimum Gasteiger partial charge on any atom is -0.445 e. The molecule has 1 saturated heterocycles. The molecular weight excluding hydrogens is 284 g/mol. The summed E-state index contributed by atoms with van der Waals surface area (Å²) in [7, 11) is 1.58. The van der Waals surface area contributed by atoms with E-state index in [0.717, 1.165) is 12.0 Å². The van der Waals surface area contributed by atoms with E-state index in [2.05, 4.69) is 5.32 Å². The van der Waals surface area contributed by atoms with Gasteiger partial charge < -0.3 is 14.8 Å². The minimum atomic E-state index is -0.444. The van der Waals surface area contributed by atoms with Crippen LogP contribution in [0.4, 0.5) is 4.79 Å². The third-order valence-electron chi connectivity index (χ3n) is 3.60. The number of hydrogen-bond donors (Lipinski definition) is 1. The number of benzene rings is 1. The van der Waals surface area contributed by atoms with Crippen LogP contribution in [0, 0.1) is 0 Å². The monoisotopic (exact) mass is 306 g/mol. The average Bonchev–Trinajstić information content (AvgIpc) is 3.03. The zero-order valence-electron chi connectivity index (χ0n) is 12.8. The normalized spacial score (nSPS) is 17.3. The van der Waals surface area contributed by atoms with E-state index in [9.17, 15) is 9.59 Å². The van der Waals surface area contributed by atoms with Crippen LogP contribution in [0.15, 0.2) is 30.3 Å². The van der Waals surface area contributed by atoms with Crippen LogP contribution in [0.5, 0.6) is 0 Å². The fraction of sp³-hybridized carbons (Fsp3) is 0.500. The summed E-state index contributed by atoms with van der Waals surface area (Å²) in [5.41, 5.74) is 0.927. The molecule has 0 unspecified atom stereocenters. The van der Waals surface area contributed by atoms with Gasteiger partial charge in [-0.05, 0) is 18.4 Å². The number of ether oxygens (including phenoxy) is 2. The van der Waals surface area contributed by atoms with Crippen molar-refractivity contribution >= 4 is 12.0 Å². The summed E-state index contributed by atoms with van der Waals surface area (Å²) in [6.45, 7) is 1.67. The molecule has 0 saturated carbocycles. The predicted molar refractivity (Wildman–Crippen MR) is 81.2 cm³/mol. The number of nitrogens with zero attached hydrogens (tertiary/aromatic N) is 1. The molecular formula is C16H22N2O4. The molecule has 1 atom stereocenters. The molecule has 1 N–H and O–H groups in total. The van der Waals surface area contributed by atoms with Gasteiger partial charge in [0, 0.05) is 20.2 Å². The highest BCUT2D eigenvalue weighted by Gasteiger charge is 2.34. The number of rotatable bonds is 6. The standard InChI is InChI=1S/C16H22N2O4/c1-21-11-9-17-15(19)14-8-5-10-18(14)16(20)22-12-13-6-3-2-4-7-13/h2-4,6-7,14H,5,8-12H2,1H3,(H,17,19)/t14-/m0/s1. The van der Waals surface area contributed by atoms with Gasteiger partial charge in [-0.3, -0.25) is 9.69 Å². The molecule has 0 bridgehead atoms. The van der Waals surface area contributed by atoms with Crippen LogP contribution >= 0.6 is 0 Å². The van der Waals surface area contributed by atoms with Crippen molar-refractivity contribution in [3.05, 3.63) is 35.9 Å². The number of methoxy groups -OCH3 is 1. The zero-order valence-corrected chi connectivity index (χ0v) is 12.8. The Morgan fingerprint density at radius 2 is 2.09 bits per heavy atom. The van der Waals surface area contributed by atoms with Crippen molar-refractivity contribution in [2.75, 3.05) is 26.8 Å². The molecule has 1 fully saturated rings. The summed E-state index contributed by atoms with van der Waals surface area (Å²) in [5, 5.41) is 2.77. The number of nitrogens with one attached hydrogen (secondary N) is 1. The minimum absolute atomic E-state index is 0.147. The summed E-state index contributed by atoms with van der Waals surface area (Å²) in [4.78, 5) is 25.8. The SMILES string of the molecule is COCCNC(=O)[C@@H]1CCCN1C(=O)OCc1ccccc1. The van der Waals surface area contributed by atoms with Crippen LogP contribution in [0.25, 0.3) is 0 Å². The van der Waals surface area contributed by atoms with Gasteiger partial charge in [-0.25, -0.2) is 4.79 Å². The maximum absolute atomic E-state index is 12.2. The molecule has 1 heterocycles. The molecule has 2 rings (SSSR count). The third-order valence-corrected chi connectivity index (χ3v) is 3.60. The van der Waals surface area contributed by atoms with Crippen LogP contribution in [-0.2, 0) is 20.9 Å². The Kier molecular flexibility index (Phi) is 6.21. The van der Waals surface area contributed by atoms with Gasteiger partial charge in [-0.2, -0.15) is 0 Å². The Labute approximate surface area is 130 Å². The molecule has 0 aromatic heterocycles. The van der Waals surface area contributed by atoms with Crippen molar-refractivity contribution in [2.24, 2.45) is 0 Å². The second-order valence-corrected chi connectivity index (χ2v) is 5.18. The quantitative estimate of drug-likeness (QED) is 0.810. The molecule has 0 spiro atoms. The van der Waals surface area contributed by atoms with Crippen molar-refractivity contribution in [3.8, 4) is 0 Å². The second kappa shape index (κ2) is 8.38. The molecule has 0 aliphatic carbocycles. The molecule has 1 aliphatic rings. The zero-order chi connectivity index (χ0) is 15.8. The first-order valence-corrected chi connectivity index (χ1v) is 7.46. The Morgan fingerprint density at radius 3 is 2.82 bits per heavy atom. The molecule has 1 aromatic carbocycles. The Balaban J connectivity index is 1.84. The molecule has 2 amide bonds. The van der Waals surface area contributed by atoms with Gasteiger partial charge in [0.25, 0.3) is 0 Å². The van der Waals surface area contributed by atoms with E-state index >= 15 is 0 Å². The van der Waals surface area contributed by atoms with E-state index in [1.165, 1.54) is 4.90 Å². The van der Waals surface area contributed by atoms with Crippen molar-refractivity contribution in [1.29, 1.82) is 0 Å². The van der Waals surface area contributed by atoms with Gasteiger partial charge in [-0.1, -0.05) is 30.3 Å². The maximum atomic E-state index is 12.2. The fourth-order valence-corrected chi connectivity index (χ4v) is 2.45. The highest BCUT2D eigenvalue weighted by atomic mass is 16.6. The third kappa shape index (κ3) is 4.46. The van der Waals surface area contributed by atoms with E-state index in [1.54, 1.807) is 7.11 Å². The van der Waals surface area contributed by atoms with Gasteiger partial charge in [-0.15, -0.1) is 0 Å². The van der Waals surface area contributed by atoms with Crippen LogP contribution in [0.2, 0.25) is 0 Å². The number of carbonyl (C=O) groups excluding carboxylic acids is 2. The van der Waals surface area contributed by atoms with Crippen LogP contribution in [0.3, 0.4) is 0 Å². The van der Waals surface area contributed by atoms with E-state index in [4.69, 9.17) is 9.47 Å². The summed E-state index contributed by atoms with van der Waals surface area (Å²) in [5.74, 6) is -0.147. The van der Waals surface area contributed by atoms with Crippen molar-refractivity contribution in [2.45, 2.75) is 25.5 Å². The molecule has 22 heavy (non-hydrogen) atoms. The van der Waals surface area contributed by atoms with E-state index in [1.807, 2.05) is 30.3 Å². The Morgan fingerprint density at radius 1 is 1.32 bits per heavy atom. The van der Waals surface area contributed by atoms with E-state index in [-0.39, 0.29) is 12.5 Å². The number of carbonyl (C=O) groups is 2. The summed E-state index contributed by atoms with van der Waals surface area (Å²) < 4.78 is 10.2. The lowest BCUT2D eigenvalue weighted by molar-refractivity contribution is -0.125. The predicted octanol–water partition coefficient (Wildman–Crippen LogP) is 1.55.